The number of anilines is 1. The topological polar surface area (TPSA) is 55.4 Å². The van der Waals surface area contributed by atoms with Crippen molar-refractivity contribution in [2.75, 3.05) is 17.7 Å². The summed E-state index contributed by atoms with van der Waals surface area (Å²) in [5.74, 6) is -2.25. The van der Waals surface area contributed by atoms with Crippen molar-refractivity contribution < 1.29 is 23.1 Å². The number of nitrogens with one attached hydrogen (secondary N) is 1. The fourth-order valence-electron chi connectivity index (χ4n) is 1.65. The normalized spacial score (nSPS) is 10.2. The van der Waals surface area contributed by atoms with Crippen molar-refractivity contribution in [1.82, 2.24) is 0 Å². The number of benzene rings is 2. The Hall–Kier alpha value is -2.41. The van der Waals surface area contributed by atoms with Gasteiger partial charge in [-0.1, -0.05) is 18.2 Å². The molecule has 0 spiro atoms. The summed E-state index contributed by atoms with van der Waals surface area (Å²) in [6.07, 6.45) is 0. The third-order valence-corrected chi connectivity index (χ3v) is 3.68. The van der Waals surface area contributed by atoms with Crippen LogP contribution in [-0.2, 0) is 14.3 Å². The number of carbonyl (C=O) groups excluding carboxylic acids is 2. The second kappa shape index (κ2) is 8.28. The number of thioether (sulfide) groups is 1. The summed E-state index contributed by atoms with van der Waals surface area (Å²) in [5, 5.41) is 2.40. The Morgan fingerprint density at radius 1 is 1.09 bits per heavy atom. The SMILES string of the molecule is O=C(COC(=O)CSc1ccccc1F)Nc1cccc(F)c1. The molecule has 2 rings (SSSR count). The van der Waals surface area contributed by atoms with Gasteiger partial charge in [0.15, 0.2) is 6.61 Å². The van der Waals surface area contributed by atoms with E-state index in [1.54, 1.807) is 18.2 Å². The average Bonchev–Trinajstić information content (AvgIpc) is 2.52. The van der Waals surface area contributed by atoms with Crippen molar-refractivity contribution in [3.05, 3.63) is 60.2 Å². The Morgan fingerprint density at radius 2 is 1.87 bits per heavy atom. The molecular formula is C16H13F2NO3S. The minimum Gasteiger partial charge on any atom is -0.455 e. The van der Waals surface area contributed by atoms with Gasteiger partial charge in [-0.15, -0.1) is 11.8 Å². The fraction of sp³-hybridized carbons (Fsp3) is 0.125. The summed E-state index contributed by atoms with van der Waals surface area (Å²) >= 11 is 0.982. The lowest BCUT2D eigenvalue weighted by Gasteiger charge is -2.07. The third-order valence-electron chi connectivity index (χ3n) is 2.65. The lowest BCUT2D eigenvalue weighted by atomic mass is 10.3. The molecule has 7 heteroatoms. The van der Waals surface area contributed by atoms with Crippen molar-refractivity contribution in [2.24, 2.45) is 0 Å². The molecule has 23 heavy (non-hydrogen) atoms. The van der Waals surface area contributed by atoms with E-state index in [1.165, 1.54) is 24.3 Å². The van der Waals surface area contributed by atoms with Crippen molar-refractivity contribution in [1.29, 1.82) is 0 Å². The predicted octanol–water partition coefficient (Wildman–Crippen LogP) is 3.24. The summed E-state index contributed by atoms with van der Waals surface area (Å²) in [4.78, 5) is 23.4. The van der Waals surface area contributed by atoms with Gasteiger partial charge in [0.05, 0.1) is 5.75 Å². The van der Waals surface area contributed by atoms with E-state index in [9.17, 15) is 18.4 Å². The highest BCUT2D eigenvalue weighted by molar-refractivity contribution is 8.00. The van der Waals surface area contributed by atoms with Gasteiger partial charge in [0.1, 0.15) is 11.6 Å². The number of ether oxygens (including phenoxy) is 1. The van der Waals surface area contributed by atoms with Gasteiger partial charge >= 0.3 is 5.97 Å². The monoisotopic (exact) mass is 337 g/mol. The first-order chi connectivity index (χ1) is 11.0. The molecule has 0 aliphatic rings. The molecule has 0 aliphatic carbocycles. The predicted molar refractivity (Wildman–Crippen MR) is 83.1 cm³/mol. The molecule has 120 valence electrons. The zero-order chi connectivity index (χ0) is 16.7. The van der Waals surface area contributed by atoms with Crippen LogP contribution in [0.3, 0.4) is 0 Å². The second-order valence-electron chi connectivity index (χ2n) is 4.44. The van der Waals surface area contributed by atoms with E-state index < -0.39 is 30.1 Å². The van der Waals surface area contributed by atoms with Crippen LogP contribution in [0.25, 0.3) is 0 Å². The molecule has 0 radical (unpaired) electrons. The van der Waals surface area contributed by atoms with Gasteiger partial charge < -0.3 is 10.1 Å². The summed E-state index contributed by atoms with van der Waals surface area (Å²) in [5.41, 5.74) is 0.270. The molecule has 1 amide bonds. The Bertz CT molecular complexity index is 709. The highest BCUT2D eigenvalue weighted by atomic mass is 32.2. The molecule has 0 aliphatic heterocycles. The van der Waals surface area contributed by atoms with Crippen LogP contribution >= 0.6 is 11.8 Å². The summed E-state index contributed by atoms with van der Waals surface area (Å²) in [6.45, 7) is -0.493. The minimum absolute atomic E-state index is 0.117. The molecule has 0 saturated carbocycles. The quantitative estimate of drug-likeness (QED) is 0.649. The van der Waals surface area contributed by atoms with Gasteiger partial charge in [0.25, 0.3) is 5.91 Å². The van der Waals surface area contributed by atoms with Crippen molar-refractivity contribution >= 4 is 29.3 Å². The van der Waals surface area contributed by atoms with Crippen LogP contribution in [0, 0.1) is 11.6 Å². The van der Waals surface area contributed by atoms with Crippen LogP contribution in [0.4, 0.5) is 14.5 Å². The van der Waals surface area contributed by atoms with E-state index in [1.807, 2.05) is 0 Å². The van der Waals surface area contributed by atoms with Gasteiger partial charge in [0.2, 0.25) is 0 Å². The van der Waals surface area contributed by atoms with E-state index in [0.29, 0.717) is 4.90 Å². The molecule has 0 fully saturated rings. The number of hydrogen-bond acceptors (Lipinski definition) is 4. The number of rotatable bonds is 6. The lowest BCUT2D eigenvalue weighted by Crippen LogP contribution is -2.21. The van der Waals surface area contributed by atoms with E-state index in [-0.39, 0.29) is 11.4 Å². The van der Waals surface area contributed by atoms with Crippen molar-refractivity contribution in [2.45, 2.75) is 4.90 Å². The van der Waals surface area contributed by atoms with E-state index in [2.05, 4.69) is 5.32 Å². The number of esters is 1. The second-order valence-corrected chi connectivity index (χ2v) is 5.46. The number of halogens is 2. The Labute approximate surface area is 135 Å². The van der Waals surface area contributed by atoms with Gasteiger partial charge in [0, 0.05) is 10.6 Å². The molecule has 0 unspecified atom stereocenters. The summed E-state index contributed by atoms with van der Waals surface area (Å²) in [7, 11) is 0. The number of carbonyl (C=O) groups is 2. The van der Waals surface area contributed by atoms with Crippen LogP contribution in [0.15, 0.2) is 53.4 Å². The largest absolute Gasteiger partial charge is 0.455 e. The Kier molecular flexibility index (Phi) is 6.10. The summed E-state index contributed by atoms with van der Waals surface area (Å²) in [6, 6.07) is 11.4. The van der Waals surface area contributed by atoms with Crippen LogP contribution in [0.2, 0.25) is 0 Å². The van der Waals surface area contributed by atoms with Crippen LogP contribution < -0.4 is 5.32 Å². The first-order valence-electron chi connectivity index (χ1n) is 6.63. The maximum Gasteiger partial charge on any atom is 0.316 e. The molecule has 0 atom stereocenters. The van der Waals surface area contributed by atoms with Gasteiger partial charge in [-0.25, -0.2) is 8.78 Å². The summed E-state index contributed by atoms with van der Waals surface area (Å²) < 4.78 is 31.1. The van der Waals surface area contributed by atoms with Crippen LogP contribution in [-0.4, -0.2) is 24.2 Å². The van der Waals surface area contributed by atoms with Crippen LogP contribution in [0.5, 0.6) is 0 Å². The zero-order valence-corrected chi connectivity index (χ0v) is 12.7. The maximum atomic E-state index is 13.4. The molecule has 1 N–H and O–H groups in total. The first-order valence-corrected chi connectivity index (χ1v) is 7.61. The van der Waals surface area contributed by atoms with Crippen molar-refractivity contribution in [3.63, 3.8) is 0 Å². The van der Waals surface area contributed by atoms with E-state index in [4.69, 9.17) is 4.74 Å². The van der Waals surface area contributed by atoms with Gasteiger partial charge in [-0.05, 0) is 30.3 Å². The fourth-order valence-corrected chi connectivity index (χ4v) is 2.39. The molecule has 4 nitrogen and oxygen atoms in total. The van der Waals surface area contributed by atoms with E-state index in [0.717, 1.165) is 17.8 Å². The molecule has 2 aromatic carbocycles. The lowest BCUT2D eigenvalue weighted by molar-refractivity contribution is -0.144. The molecule has 0 saturated heterocycles. The standard InChI is InChI=1S/C16H13F2NO3S/c17-11-4-3-5-12(8-11)19-15(20)9-22-16(21)10-23-14-7-2-1-6-13(14)18/h1-8H,9-10H2,(H,19,20). The molecule has 0 aromatic heterocycles. The van der Waals surface area contributed by atoms with Gasteiger partial charge in [-0.3, -0.25) is 9.59 Å². The smallest absolute Gasteiger partial charge is 0.316 e. The molecule has 0 heterocycles. The maximum absolute atomic E-state index is 13.4. The highest BCUT2D eigenvalue weighted by Crippen LogP contribution is 2.21. The number of amides is 1. The first kappa shape index (κ1) is 17.0. The van der Waals surface area contributed by atoms with E-state index >= 15 is 0 Å². The Balaban J connectivity index is 1.74. The highest BCUT2D eigenvalue weighted by Gasteiger charge is 2.10. The molecule has 2 aromatic rings. The third kappa shape index (κ3) is 5.71. The minimum atomic E-state index is -0.646. The van der Waals surface area contributed by atoms with Crippen LogP contribution in [0.1, 0.15) is 0 Å². The number of hydrogen-bond donors (Lipinski definition) is 1. The molecule has 0 bridgehead atoms. The molecular weight excluding hydrogens is 324 g/mol. The zero-order valence-electron chi connectivity index (χ0n) is 11.9. The van der Waals surface area contributed by atoms with Crippen molar-refractivity contribution in [3.8, 4) is 0 Å². The average molecular weight is 337 g/mol. The Morgan fingerprint density at radius 3 is 2.61 bits per heavy atom. The van der Waals surface area contributed by atoms with Gasteiger partial charge in [-0.2, -0.15) is 0 Å².